The Labute approximate surface area is 159 Å². The summed E-state index contributed by atoms with van der Waals surface area (Å²) in [5.74, 6) is 1.65. The van der Waals surface area contributed by atoms with Gasteiger partial charge in [0.1, 0.15) is 17.7 Å². The van der Waals surface area contributed by atoms with Crippen molar-refractivity contribution in [3.63, 3.8) is 0 Å². The molecule has 27 heavy (non-hydrogen) atoms. The van der Waals surface area contributed by atoms with Crippen molar-refractivity contribution in [2.24, 2.45) is 0 Å². The smallest absolute Gasteiger partial charge is 0.243 e. The second-order valence-electron chi connectivity index (χ2n) is 6.60. The van der Waals surface area contributed by atoms with E-state index in [-0.39, 0.29) is 11.9 Å². The van der Waals surface area contributed by atoms with Crippen molar-refractivity contribution >= 4 is 11.7 Å². The molecule has 1 atom stereocenters. The van der Waals surface area contributed by atoms with Crippen LogP contribution in [0.4, 0.5) is 5.82 Å². The average Bonchev–Trinajstić information content (AvgIpc) is 3.12. The number of aromatic nitrogens is 3. The van der Waals surface area contributed by atoms with Gasteiger partial charge >= 0.3 is 0 Å². The molecule has 2 aromatic heterocycles. The summed E-state index contributed by atoms with van der Waals surface area (Å²) in [7, 11) is 2.01. The molecule has 1 aromatic carbocycles. The second-order valence-corrected chi connectivity index (χ2v) is 6.60. The van der Waals surface area contributed by atoms with Crippen LogP contribution in [-0.2, 0) is 17.9 Å². The first-order valence-electron chi connectivity index (χ1n) is 9.02. The predicted octanol–water partition coefficient (Wildman–Crippen LogP) is 3.10. The van der Waals surface area contributed by atoms with Gasteiger partial charge in [0, 0.05) is 44.3 Å². The van der Waals surface area contributed by atoms with E-state index in [9.17, 15) is 4.79 Å². The van der Waals surface area contributed by atoms with Crippen LogP contribution in [0.5, 0.6) is 0 Å². The molecule has 3 aromatic rings. The largest absolute Gasteiger partial charge is 0.355 e. The van der Waals surface area contributed by atoms with E-state index < -0.39 is 0 Å². The van der Waals surface area contributed by atoms with E-state index in [2.05, 4.69) is 32.3 Å². The van der Waals surface area contributed by atoms with Crippen molar-refractivity contribution in [1.82, 2.24) is 19.9 Å². The Balaban J connectivity index is 1.67. The predicted molar refractivity (Wildman–Crippen MR) is 106 cm³/mol. The van der Waals surface area contributed by atoms with Crippen molar-refractivity contribution in [2.75, 3.05) is 11.9 Å². The summed E-state index contributed by atoms with van der Waals surface area (Å²) in [6.07, 6.45) is 5.30. The summed E-state index contributed by atoms with van der Waals surface area (Å²) in [6.45, 7) is 4.94. The van der Waals surface area contributed by atoms with Gasteiger partial charge in [-0.1, -0.05) is 36.4 Å². The van der Waals surface area contributed by atoms with Crippen LogP contribution in [-0.4, -0.2) is 27.5 Å². The van der Waals surface area contributed by atoms with Gasteiger partial charge in [-0.25, -0.2) is 9.97 Å². The molecular weight excluding hydrogens is 338 g/mol. The summed E-state index contributed by atoms with van der Waals surface area (Å²) >= 11 is 0. The number of carbonyl (C=O) groups excluding carboxylic acids is 1. The Hall–Kier alpha value is -3.15. The number of amides is 1. The quantitative estimate of drug-likeness (QED) is 0.701. The molecule has 140 valence electrons. The number of anilines is 1. The Morgan fingerprint density at radius 1 is 1.15 bits per heavy atom. The van der Waals surface area contributed by atoms with Crippen molar-refractivity contribution in [3.05, 3.63) is 78.0 Å². The third kappa shape index (κ3) is 4.53. The van der Waals surface area contributed by atoms with Crippen LogP contribution in [0.25, 0.3) is 0 Å². The molecular formula is C21H25N5O. The highest BCUT2D eigenvalue weighted by Crippen LogP contribution is 2.18. The molecule has 0 unspecified atom stereocenters. The minimum atomic E-state index is -0.310. The standard InChI is InChI=1S/C21H25N5O/c1-16(26-13-12-22-17(26)2)21(27)24-14-19-10-7-11-23-20(19)25(3)15-18-8-5-4-6-9-18/h4-13,16H,14-15H2,1-3H3,(H,24,27)/t16-/m1/s1. The van der Waals surface area contributed by atoms with Gasteiger partial charge in [0.15, 0.2) is 0 Å². The average molecular weight is 363 g/mol. The summed E-state index contributed by atoms with van der Waals surface area (Å²) in [5.41, 5.74) is 2.20. The molecule has 0 fully saturated rings. The number of nitrogens with zero attached hydrogens (tertiary/aromatic N) is 4. The number of pyridine rings is 1. The van der Waals surface area contributed by atoms with E-state index in [1.54, 1.807) is 12.4 Å². The highest BCUT2D eigenvalue weighted by molar-refractivity contribution is 5.80. The normalized spacial score (nSPS) is 11.8. The molecule has 1 N–H and O–H groups in total. The number of aryl methyl sites for hydroxylation is 1. The van der Waals surface area contributed by atoms with Crippen LogP contribution in [0.2, 0.25) is 0 Å². The summed E-state index contributed by atoms with van der Waals surface area (Å²) in [4.78, 5) is 23.3. The van der Waals surface area contributed by atoms with E-state index in [4.69, 9.17) is 0 Å². The lowest BCUT2D eigenvalue weighted by Crippen LogP contribution is -2.31. The second kappa shape index (κ2) is 8.49. The first-order valence-corrected chi connectivity index (χ1v) is 9.02. The first-order chi connectivity index (χ1) is 13.1. The van der Waals surface area contributed by atoms with Crippen molar-refractivity contribution in [1.29, 1.82) is 0 Å². The minimum absolute atomic E-state index is 0.0448. The van der Waals surface area contributed by atoms with E-state index in [0.29, 0.717) is 6.54 Å². The number of hydrogen-bond donors (Lipinski definition) is 1. The van der Waals surface area contributed by atoms with Gasteiger partial charge in [0.25, 0.3) is 0 Å². The molecule has 0 aliphatic carbocycles. The molecule has 6 heteroatoms. The minimum Gasteiger partial charge on any atom is -0.355 e. The molecule has 0 spiro atoms. The Morgan fingerprint density at radius 2 is 1.93 bits per heavy atom. The van der Waals surface area contributed by atoms with E-state index in [1.165, 1.54) is 5.56 Å². The van der Waals surface area contributed by atoms with E-state index >= 15 is 0 Å². The topological polar surface area (TPSA) is 63.1 Å². The lowest BCUT2D eigenvalue weighted by Gasteiger charge is -2.22. The monoisotopic (exact) mass is 363 g/mol. The van der Waals surface area contributed by atoms with Gasteiger partial charge in [0.2, 0.25) is 5.91 Å². The van der Waals surface area contributed by atoms with E-state index in [1.807, 2.05) is 62.0 Å². The fourth-order valence-electron chi connectivity index (χ4n) is 3.10. The maximum atomic E-state index is 12.5. The zero-order chi connectivity index (χ0) is 19.2. The van der Waals surface area contributed by atoms with Crippen LogP contribution in [0.15, 0.2) is 61.1 Å². The molecule has 0 aliphatic heterocycles. The molecule has 0 saturated heterocycles. The lowest BCUT2D eigenvalue weighted by atomic mass is 10.2. The summed E-state index contributed by atoms with van der Waals surface area (Å²) in [5, 5.41) is 3.02. The molecule has 1 amide bonds. The van der Waals surface area contributed by atoms with Crippen molar-refractivity contribution in [2.45, 2.75) is 33.0 Å². The molecule has 0 radical (unpaired) electrons. The van der Waals surface area contributed by atoms with Crippen LogP contribution < -0.4 is 10.2 Å². The maximum absolute atomic E-state index is 12.5. The first kappa shape index (κ1) is 18.6. The van der Waals surface area contributed by atoms with Gasteiger partial charge in [-0.2, -0.15) is 0 Å². The third-order valence-corrected chi connectivity index (χ3v) is 4.60. The maximum Gasteiger partial charge on any atom is 0.243 e. The lowest BCUT2D eigenvalue weighted by molar-refractivity contribution is -0.124. The summed E-state index contributed by atoms with van der Waals surface area (Å²) in [6, 6.07) is 13.8. The molecule has 0 saturated carbocycles. The van der Waals surface area contributed by atoms with Crippen molar-refractivity contribution in [3.8, 4) is 0 Å². The number of benzene rings is 1. The highest BCUT2D eigenvalue weighted by Gasteiger charge is 2.17. The number of nitrogens with one attached hydrogen (secondary N) is 1. The van der Waals surface area contributed by atoms with Gasteiger partial charge in [-0.15, -0.1) is 0 Å². The molecule has 2 heterocycles. The van der Waals surface area contributed by atoms with Crippen LogP contribution in [0, 0.1) is 6.92 Å². The van der Waals surface area contributed by atoms with Gasteiger partial charge in [-0.3, -0.25) is 4.79 Å². The fourth-order valence-corrected chi connectivity index (χ4v) is 3.10. The number of carbonyl (C=O) groups is 1. The van der Waals surface area contributed by atoms with Crippen LogP contribution in [0.3, 0.4) is 0 Å². The summed E-state index contributed by atoms with van der Waals surface area (Å²) < 4.78 is 1.86. The number of hydrogen-bond acceptors (Lipinski definition) is 4. The molecule has 0 aliphatic rings. The van der Waals surface area contributed by atoms with E-state index in [0.717, 1.165) is 23.8 Å². The van der Waals surface area contributed by atoms with Crippen LogP contribution >= 0.6 is 0 Å². The Morgan fingerprint density at radius 3 is 2.63 bits per heavy atom. The number of imidazole rings is 1. The Bertz CT molecular complexity index is 890. The molecule has 0 bridgehead atoms. The van der Waals surface area contributed by atoms with Gasteiger partial charge in [0.05, 0.1) is 0 Å². The molecule has 3 rings (SSSR count). The zero-order valence-corrected chi connectivity index (χ0v) is 16.0. The number of rotatable bonds is 7. The SMILES string of the molecule is Cc1nccn1[C@H](C)C(=O)NCc1cccnc1N(C)Cc1ccccc1. The third-order valence-electron chi connectivity index (χ3n) is 4.60. The molecule has 6 nitrogen and oxygen atoms in total. The van der Waals surface area contributed by atoms with Gasteiger partial charge in [-0.05, 0) is 25.5 Å². The Kier molecular flexibility index (Phi) is 5.86. The highest BCUT2D eigenvalue weighted by atomic mass is 16.2. The fraction of sp³-hybridized carbons (Fsp3) is 0.286. The zero-order valence-electron chi connectivity index (χ0n) is 16.0. The van der Waals surface area contributed by atoms with Crippen LogP contribution in [0.1, 0.15) is 29.9 Å². The van der Waals surface area contributed by atoms with Gasteiger partial charge < -0.3 is 14.8 Å². The van der Waals surface area contributed by atoms with Crippen molar-refractivity contribution < 1.29 is 4.79 Å².